The van der Waals surface area contributed by atoms with E-state index in [2.05, 4.69) is 12.2 Å². The van der Waals surface area contributed by atoms with E-state index in [1.807, 2.05) is 0 Å². The Morgan fingerprint density at radius 1 is 1.14 bits per heavy atom. The van der Waals surface area contributed by atoms with Crippen molar-refractivity contribution in [1.29, 1.82) is 0 Å². The fraction of sp³-hybridized carbons (Fsp3) is 0.944. The summed E-state index contributed by atoms with van der Waals surface area (Å²) in [6.07, 6.45) is 14.5. The summed E-state index contributed by atoms with van der Waals surface area (Å²) in [5.74, 6) is 1.96. The molecule has 2 aliphatic carbocycles. The predicted molar refractivity (Wildman–Crippen MR) is 89.7 cm³/mol. The van der Waals surface area contributed by atoms with E-state index in [-0.39, 0.29) is 17.4 Å². The number of nitrogens with one attached hydrogen (secondary N) is 1. The Bertz CT molecular complexity index is 317. The molecule has 0 saturated heterocycles. The molecule has 122 valence electrons. The smallest absolute Gasteiger partial charge is 0.223 e. The van der Waals surface area contributed by atoms with Crippen molar-refractivity contribution in [3.63, 3.8) is 0 Å². The van der Waals surface area contributed by atoms with Crippen molar-refractivity contribution in [2.24, 2.45) is 11.8 Å². The summed E-state index contributed by atoms with van der Waals surface area (Å²) < 4.78 is 0. The predicted octanol–water partition coefficient (Wildman–Crippen LogP) is 5.04. The topological polar surface area (TPSA) is 29.1 Å². The number of hydrogen-bond acceptors (Lipinski definition) is 1. The average molecular weight is 314 g/mol. The highest BCUT2D eigenvalue weighted by Crippen LogP contribution is 2.34. The third-order valence-corrected chi connectivity index (χ3v) is 6.15. The molecular formula is C18H32ClNO. The average Bonchev–Trinajstić information content (AvgIpc) is 2.54. The van der Waals surface area contributed by atoms with Gasteiger partial charge in [0.05, 0.1) is 5.54 Å². The molecule has 0 aromatic carbocycles. The van der Waals surface area contributed by atoms with Gasteiger partial charge in [-0.2, -0.15) is 0 Å². The first-order valence-electron chi connectivity index (χ1n) is 9.07. The van der Waals surface area contributed by atoms with Crippen LogP contribution < -0.4 is 5.32 Å². The molecule has 2 aliphatic rings. The molecule has 3 heteroatoms. The van der Waals surface area contributed by atoms with Crippen molar-refractivity contribution < 1.29 is 4.79 Å². The Kier molecular flexibility index (Phi) is 6.85. The molecule has 0 aliphatic heterocycles. The number of carbonyl (C=O) groups is 1. The maximum atomic E-state index is 12.6. The Morgan fingerprint density at radius 2 is 1.81 bits per heavy atom. The number of amides is 1. The van der Waals surface area contributed by atoms with Gasteiger partial charge < -0.3 is 5.32 Å². The second-order valence-corrected chi connectivity index (χ2v) is 7.59. The van der Waals surface area contributed by atoms with Crippen molar-refractivity contribution in [3.8, 4) is 0 Å². The molecular weight excluding hydrogens is 282 g/mol. The molecule has 2 rings (SSSR count). The second-order valence-electron chi connectivity index (χ2n) is 7.32. The van der Waals surface area contributed by atoms with Gasteiger partial charge in [0, 0.05) is 11.8 Å². The SMILES string of the molecule is CCCCC1CCC(C(=O)NC2(CCl)CCCCC2)CC1. The Morgan fingerprint density at radius 3 is 2.38 bits per heavy atom. The van der Waals surface area contributed by atoms with Crippen molar-refractivity contribution in [1.82, 2.24) is 5.32 Å². The molecule has 2 saturated carbocycles. The van der Waals surface area contributed by atoms with Crippen LogP contribution in [0.5, 0.6) is 0 Å². The lowest BCUT2D eigenvalue weighted by atomic mass is 9.78. The first-order valence-corrected chi connectivity index (χ1v) is 9.60. The van der Waals surface area contributed by atoms with E-state index in [4.69, 9.17) is 11.6 Å². The minimum absolute atomic E-state index is 0.101. The van der Waals surface area contributed by atoms with E-state index in [9.17, 15) is 4.79 Å². The van der Waals surface area contributed by atoms with Gasteiger partial charge in [-0.3, -0.25) is 4.79 Å². The van der Waals surface area contributed by atoms with Crippen LogP contribution in [-0.4, -0.2) is 17.3 Å². The van der Waals surface area contributed by atoms with Crippen LogP contribution in [0.4, 0.5) is 0 Å². The zero-order valence-corrected chi connectivity index (χ0v) is 14.4. The minimum atomic E-state index is -0.101. The molecule has 0 bridgehead atoms. The first-order chi connectivity index (χ1) is 10.2. The quantitative estimate of drug-likeness (QED) is 0.684. The summed E-state index contributed by atoms with van der Waals surface area (Å²) in [7, 11) is 0. The van der Waals surface area contributed by atoms with E-state index in [1.54, 1.807) is 0 Å². The molecule has 1 N–H and O–H groups in total. The van der Waals surface area contributed by atoms with Gasteiger partial charge in [0.15, 0.2) is 0 Å². The van der Waals surface area contributed by atoms with Gasteiger partial charge >= 0.3 is 0 Å². The number of carbonyl (C=O) groups excluding carboxylic acids is 1. The van der Waals surface area contributed by atoms with Gasteiger partial charge in [-0.25, -0.2) is 0 Å². The standard InChI is InChI=1S/C18H32ClNO/c1-2-3-7-15-8-10-16(11-9-15)17(21)20-18(14-19)12-5-4-6-13-18/h15-16H,2-14H2,1H3,(H,20,21). The van der Waals surface area contributed by atoms with Crippen LogP contribution in [0.25, 0.3) is 0 Å². The van der Waals surface area contributed by atoms with E-state index in [0.717, 1.165) is 31.6 Å². The number of alkyl halides is 1. The molecule has 1 amide bonds. The van der Waals surface area contributed by atoms with Gasteiger partial charge in [0.2, 0.25) is 5.91 Å². The van der Waals surface area contributed by atoms with E-state index in [0.29, 0.717) is 5.88 Å². The van der Waals surface area contributed by atoms with Crippen molar-refractivity contribution >= 4 is 17.5 Å². The van der Waals surface area contributed by atoms with Crippen LogP contribution >= 0.6 is 11.6 Å². The van der Waals surface area contributed by atoms with Crippen LogP contribution in [0.3, 0.4) is 0 Å². The molecule has 0 heterocycles. The zero-order chi connectivity index (χ0) is 15.1. The fourth-order valence-corrected chi connectivity index (χ4v) is 4.42. The van der Waals surface area contributed by atoms with Gasteiger partial charge in [-0.05, 0) is 44.4 Å². The third-order valence-electron chi connectivity index (χ3n) is 5.64. The summed E-state index contributed by atoms with van der Waals surface area (Å²) >= 11 is 6.19. The molecule has 0 unspecified atom stereocenters. The van der Waals surface area contributed by atoms with E-state index < -0.39 is 0 Å². The van der Waals surface area contributed by atoms with Gasteiger partial charge in [-0.15, -0.1) is 11.6 Å². The van der Waals surface area contributed by atoms with Gasteiger partial charge in [0.25, 0.3) is 0 Å². The largest absolute Gasteiger partial charge is 0.349 e. The molecule has 2 nitrogen and oxygen atoms in total. The number of rotatable bonds is 6. The summed E-state index contributed by atoms with van der Waals surface area (Å²) in [5, 5.41) is 3.34. The Balaban J connectivity index is 1.78. The van der Waals surface area contributed by atoms with Crippen LogP contribution in [0.15, 0.2) is 0 Å². The van der Waals surface area contributed by atoms with Crippen LogP contribution in [0.2, 0.25) is 0 Å². The molecule has 21 heavy (non-hydrogen) atoms. The lowest BCUT2D eigenvalue weighted by molar-refractivity contribution is -0.128. The summed E-state index contributed by atoms with van der Waals surface area (Å²) in [5.41, 5.74) is -0.101. The maximum Gasteiger partial charge on any atom is 0.223 e. The third kappa shape index (κ3) is 4.87. The maximum absolute atomic E-state index is 12.6. The van der Waals surface area contributed by atoms with Crippen molar-refractivity contribution in [2.45, 2.75) is 89.5 Å². The molecule has 0 radical (unpaired) electrons. The Labute approximate surface area is 135 Å². The molecule has 2 fully saturated rings. The minimum Gasteiger partial charge on any atom is -0.349 e. The van der Waals surface area contributed by atoms with Crippen LogP contribution in [0.1, 0.15) is 84.0 Å². The second kappa shape index (κ2) is 8.41. The highest BCUT2D eigenvalue weighted by Gasteiger charge is 2.35. The fourth-order valence-electron chi connectivity index (χ4n) is 4.09. The summed E-state index contributed by atoms with van der Waals surface area (Å²) in [6.45, 7) is 2.26. The lowest BCUT2D eigenvalue weighted by Crippen LogP contribution is -2.53. The van der Waals surface area contributed by atoms with Gasteiger partial charge in [0.1, 0.15) is 0 Å². The van der Waals surface area contributed by atoms with E-state index in [1.165, 1.54) is 51.4 Å². The van der Waals surface area contributed by atoms with E-state index >= 15 is 0 Å². The molecule has 0 atom stereocenters. The summed E-state index contributed by atoms with van der Waals surface area (Å²) in [6, 6.07) is 0. The monoisotopic (exact) mass is 313 g/mol. The highest BCUT2D eigenvalue weighted by atomic mass is 35.5. The van der Waals surface area contributed by atoms with Crippen molar-refractivity contribution in [2.75, 3.05) is 5.88 Å². The molecule has 0 aromatic rings. The van der Waals surface area contributed by atoms with Crippen molar-refractivity contribution in [3.05, 3.63) is 0 Å². The lowest BCUT2D eigenvalue weighted by Gasteiger charge is -2.38. The number of hydrogen-bond donors (Lipinski definition) is 1. The first kappa shape index (κ1) is 17.1. The highest BCUT2D eigenvalue weighted by molar-refractivity contribution is 6.18. The Hall–Kier alpha value is -0.240. The number of unbranched alkanes of at least 4 members (excludes halogenated alkanes) is 1. The molecule has 0 aromatic heterocycles. The van der Waals surface area contributed by atoms with Crippen LogP contribution in [-0.2, 0) is 4.79 Å². The number of halogens is 1. The molecule has 0 spiro atoms. The normalized spacial score (nSPS) is 29.0. The summed E-state index contributed by atoms with van der Waals surface area (Å²) in [4.78, 5) is 12.6. The van der Waals surface area contributed by atoms with Crippen LogP contribution in [0, 0.1) is 11.8 Å². The van der Waals surface area contributed by atoms with Gasteiger partial charge in [-0.1, -0.05) is 45.4 Å². The zero-order valence-electron chi connectivity index (χ0n) is 13.6.